The number of aromatic carboxylic acids is 1. The Balaban J connectivity index is 1.57. The number of anilines is 2. The molecule has 1 aliphatic carbocycles. The van der Waals surface area contributed by atoms with Crippen LogP contribution in [0.3, 0.4) is 0 Å². The number of rotatable bonds is 9. The first-order valence-corrected chi connectivity index (χ1v) is 18.8. The van der Waals surface area contributed by atoms with Gasteiger partial charge in [0.2, 0.25) is 4.90 Å². The molecule has 254 valence electrons. The number of hydrogen-bond donors (Lipinski definition) is 4. The number of pyridine rings is 1. The highest BCUT2D eigenvalue weighted by atomic mass is 32.2. The number of benzene rings is 4. The van der Waals surface area contributed by atoms with Crippen molar-refractivity contribution in [3.05, 3.63) is 99.3 Å². The summed E-state index contributed by atoms with van der Waals surface area (Å²) in [4.78, 5) is 44.7. The van der Waals surface area contributed by atoms with Crippen molar-refractivity contribution >= 4 is 88.9 Å². The van der Waals surface area contributed by atoms with Crippen molar-refractivity contribution in [2.45, 2.75) is 21.6 Å². The van der Waals surface area contributed by atoms with Crippen LogP contribution in [-0.4, -0.2) is 55.4 Å². The van der Waals surface area contributed by atoms with E-state index in [0.29, 0.717) is 49.9 Å². The van der Waals surface area contributed by atoms with E-state index in [1.807, 2.05) is 0 Å². The lowest BCUT2D eigenvalue weighted by atomic mass is 9.82. The second kappa shape index (κ2) is 12.6. The smallest absolute Gasteiger partial charge is 0.335 e. The zero-order chi connectivity index (χ0) is 35.6. The van der Waals surface area contributed by atoms with Gasteiger partial charge in [0.05, 0.1) is 65.6 Å². The van der Waals surface area contributed by atoms with E-state index < -0.39 is 43.5 Å². The van der Waals surface area contributed by atoms with E-state index in [2.05, 4.69) is 19.7 Å². The third kappa shape index (κ3) is 5.56. The highest BCUT2D eigenvalue weighted by Gasteiger charge is 2.37. The molecule has 4 N–H and O–H groups in total. The highest BCUT2D eigenvalue weighted by molar-refractivity contribution is 7.94. The molecule has 0 spiro atoms. The average Bonchev–Trinajstić information content (AvgIpc) is 3.49. The Hall–Kier alpha value is -4.63. The Morgan fingerprint density at radius 3 is 2.46 bits per heavy atom. The van der Waals surface area contributed by atoms with E-state index in [-0.39, 0.29) is 43.0 Å². The fourth-order valence-electron chi connectivity index (χ4n) is 6.01. The first kappa shape index (κ1) is 33.8. The Bertz CT molecular complexity index is 2620. The fraction of sp³-hybridized carbons (Fsp3) is 0.0625. The minimum Gasteiger partial charge on any atom is -0.611 e. The Kier molecular flexibility index (Phi) is 8.53. The number of carboxylic acids is 1. The predicted octanol–water partition coefficient (Wildman–Crippen LogP) is 5.97. The van der Waals surface area contributed by atoms with Gasteiger partial charge in [0.1, 0.15) is 6.26 Å². The number of nitrogens with one attached hydrogen (secondary N) is 1. The number of nitrogens with zero attached hydrogens (tertiary/aromatic N) is 2. The van der Waals surface area contributed by atoms with Crippen LogP contribution in [-0.2, 0) is 30.7 Å². The molecule has 1 aliphatic rings. The van der Waals surface area contributed by atoms with Gasteiger partial charge in [-0.25, -0.2) is 19.6 Å². The van der Waals surface area contributed by atoms with Crippen LogP contribution in [0.2, 0.25) is 0 Å². The second-order valence-electron chi connectivity index (χ2n) is 11.0. The van der Waals surface area contributed by atoms with Gasteiger partial charge in [0, 0.05) is 10.9 Å². The van der Waals surface area contributed by atoms with E-state index >= 15 is 0 Å². The van der Waals surface area contributed by atoms with Crippen molar-refractivity contribution in [2.24, 2.45) is 0 Å². The van der Waals surface area contributed by atoms with Crippen LogP contribution in [0.25, 0.3) is 37.4 Å². The lowest BCUT2D eigenvalue weighted by Crippen LogP contribution is -2.29. The maximum atomic E-state index is 14.5. The summed E-state index contributed by atoms with van der Waals surface area (Å²) in [7, 11) is -4.64. The monoisotopic (exact) mass is 751 g/mol. The van der Waals surface area contributed by atoms with E-state index in [0.717, 1.165) is 23.5 Å². The number of fused-ring (bicyclic) bond motifs is 3. The number of hydrogen-bond acceptors (Lipinski definition) is 13. The largest absolute Gasteiger partial charge is 0.611 e. The van der Waals surface area contributed by atoms with Gasteiger partial charge >= 0.3 is 11.5 Å². The van der Waals surface area contributed by atoms with Gasteiger partial charge in [-0.15, -0.1) is 4.33 Å². The molecule has 0 bridgehead atoms. The maximum absolute atomic E-state index is 14.5. The zero-order valence-corrected chi connectivity index (χ0v) is 28.8. The highest BCUT2D eigenvalue weighted by Crippen LogP contribution is 2.47. The van der Waals surface area contributed by atoms with E-state index in [9.17, 15) is 37.0 Å². The van der Waals surface area contributed by atoms with E-state index in [1.165, 1.54) is 35.1 Å². The molecule has 14 nitrogen and oxygen atoms in total. The molecule has 0 radical (unpaired) electrons. The topological polar surface area (TPSA) is 217 Å². The first-order valence-electron chi connectivity index (χ1n) is 14.2. The molecule has 0 fully saturated rings. The van der Waals surface area contributed by atoms with Gasteiger partial charge < -0.3 is 15.0 Å². The lowest BCUT2D eigenvalue weighted by Gasteiger charge is -2.27. The third-order valence-electron chi connectivity index (χ3n) is 8.03. The van der Waals surface area contributed by atoms with Crippen molar-refractivity contribution < 1.29 is 46.8 Å². The molecule has 7 rings (SSSR count). The van der Waals surface area contributed by atoms with Crippen LogP contribution in [0.15, 0.2) is 86.2 Å². The molecule has 50 heavy (non-hydrogen) atoms. The molecule has 2 heterocycles. The Morgan fingerprint density at radius 2 is 1.78 bits per heavy atom. The number of carbonyl (C=O) groups excluding carboxylic acids is 1. The van der Waals surface area contributed by atoms with Crippen LogP contribution in [0.5, 0.6) is 0 Å². The number of thiazole rings is 1. The molecule has 6 aromatic rings. The minimum absolute atomic E-state index is 0.0264. The third-order valence-corrected chi connectivity index (χ3v) is 11.5. The van der Waals surface area contributed by atoms with E-state index in [1.54, 1.807) is 37.3 Å². The van der Waals surface area contributed by atoms with Gasteiger partial charge in [0.15, 0.2) is 10.9 Å². The molecule has 2 aromatic heterocycles. The van der Waals surface area contributed by atoms with Crippen molar-refractivity contribution in [1.29, 1.82) is 0 Å². The van der Waals surface area contributed by atoms with Crippen molar-refractivity contribution in [1.82, 2.24) is 9.55 Å². The first-order chi connectivity index (χ1) is 23.8. The fourth-order valence-corrected chi connectivity index (χ4v) is 8.93. The maximum Gasteiger partial charge on any atom is 0.335 e. The van der Waals surface area contributed by atoms with Gasteiger partial charge in [-0.3, -0.25) is 14.1 Å². The van der Waals surface area contributed by atoms with Gasteiger partial charge in [0.25, 0.3) is 10.1 Å². The lowest BCUT2D eigenvalue weighted by molar-refractivity contribution is -0.432. The summed E-state index contributed by atoms with van der Waals surface area (Å²) in [5.41, 5.74) is 2.03. The molecular formula is C32H21N3O11S4. The van der Waals surface area contributed by atoms with Crippen molar-refractivity contribution in [2.75, 3.05) is 11.6 Å². The summed E-state index contributed by atoms with van der Waals surface area (Å²) in [5.74, 6) is -1.57. The molecular weight excluding hydrogens is 731 g/mol. The van der Waals surface area contributed by atoms with Gasteiger partial charge in [-0.05, 0) is 71.7 Å². The molecule has 0 saturated carbocycles. The quantitative estimate of drug-likeness (QED) is 0.0439. The molecule has 4 aromatic carbocycles. The summed E-state index contributed by atoms with van der Waals surface area (Å²) < 4.78 is 53.2. The molecule has 0 amide bonds. The van der Waals surface area contributed by atoms with Crippen molar-refractivity contribution in [3.63, 3.8) is 0 Å². The van der Waals surface area contributed by atoms with Crippen LogP contribution in [0, 0.1) is 6.92 Å². The number of carboxylic acid groups (broad SMARTS) is 1. The molecule has 0 aliphatic heterocycles. The standard InChI is InChI=1S/C32H21N3O11S4/c1-14-11-21(33-20-10-8-16(50(42,43)44)13-23(20)48-46-45-40)25-26-24(17-5-3-4-6-18(17)28(25)36)29(49(2)41)30(37)35(27(14)26)32-34-19-9-7-15(31(38)39)12-22(19)47-32/h3-13,33,40H,1-2H3,(H,38,39)(H,42,43,44). The zero-order valence-electron chi connectivity index (χ0n) is 25.5. The van der Waals surface area contributed by atoms with Crippen LogP contribution < -0.4 is 10.9 Å². The molecule has 1 atom stereocenters. The van der Waals surface area contributed by atoms with Crippen LogP contribution >= 0.6 is 23.4 Å². The van der Waals surface area contributed by atoms with Gasteiger partial charge in [-0.1, -0.05) is 40.6 Å². The summed E-state index contributed by atoms with van der Waals surface area (Å²) in [6, 6.07) is 16.1. The summed E-state index contributed by atoms with van der Waals surface area (Å²) >= 11 is -0.420. The predicted molar refractivity (Wildman–Crippen MR) is 186 cm³/mol. The van der Waals surface area contributed by atoms with Gasteiger partial charge in [-0.2, -0.15) is 8.42 Å². The van der Waals surface area contributed by atoms with E-state index in [4.69, 9.17) is 5.26 Å². The summed E-state index contributed by atoms with van der Waals surface area (Å²) in [5, 5.41) is 25.6. The average molecular weight is 752 g/mol. The molecule has 18 heteroatoms. The Labute approximate surface area is 292 Å². The normalized spacial score (nSPS) is 13.1. The molecule has 0 saturated heterocycles. The SMILES string of the molecule is Cc1cc(Nc2ccc(S(=O)(=O)O)cc2SOOO)c2c3c(c([S+](C)[O-])c(=O)n(-c4nc5ccc(C(=O)O)cc5s4)c13)-c1ccccc1C2=O. The number of carbonyl (C=O) groups is 2. The Morgan fingerprint density at radius 1 is 1.04 bits per heavy atom. The number of aryl methyl sites for hydroxylation is 1. The summed E-state index contributed by atoms with van der Waals surface area (Å²) in [6.45, 7) is 1.70. The number of aromatic nitrogens is 2. The second-order valence-corrected chi connectivity index (χ2v) is 15.5. The van der Waals surface area contributed by atoms with Crippen LogP contribution in [0.1, 0.15) is 31.8 Å². The number of ketones is 1. The molecule has 1 unspecified atom stereocenters. The minimum atomic E-state index is -4.64. The van der Waals surface area contributed by atoms with Crippen LogP contribution in [0.4, 0.5) is 11.4 Å². The van der Waals surface area contributed by atoms with Crippen molar-refractivity contribution in [3.8, 4) is 16.3 Å². The summed E-state index contributed by atoms with van der Waals surface area (Å²) in [6.07, 6.45) is 1.36.